The van der Waals surface area contributed by atoms with Crippen LogP contribution in [0, 0.1) is 0 Å². The second kappa shape index (κ2) is 7.17. The number of sulfonamides is 2. The number of amides is 1. The van der Waals surface area contributed by atoms with Gasteiger partial charge in [-0.3, -0.25) is 4.79 Å². The molecule has 0 N–H and O–H groups in total. The highest BCUT2D eigenvalue weighted by atomic mass is 32.2. The monoisotopic (exact) mass is 423 g/mol. The van der Waals surface area contributed by atoms with E-state index in [1.165, 1.54) is 15.3 Å². The number of carbonyl (C=O) groups excluding carboxylic acids is 1. The van der Waals surface area contributed by atoms with Gasteiger partial charge in [0, 0.05) is 27.2 Å². The Balaban J connectivity index is 1.90. The van der Waals surface area contributed by atoms with Crippen molar-refractivity contribution in [2.45, 2.75) is 16.4 Å². The Labute approximate surface area is 157 Å². The molecule has 0 aliphatic carbocycles. The third kappa shape index (κ3) is 3.66. The molecule has 0 aromatic carbocycles. The highest BCUT2D eigenvalue weighted by molar-refractivity contribution is 7.91. The fourth-order valence-corrected chi connectivity index (χ4v) is 7.09. The van der Waals surface area contributed by atoms with Gasteiger partial charge in [-0.25, -0.2) is 16.8 Å². The largest absolute Gasteiger partial charge is 0.374 e. The van der Waals surface area contributed by atoms with Crippen molar-refractivity contribution in [1.82, 2.24) is 13.5 Å². The van der Waals surface area contributed by atoms with E-state index in [0.29, 0.717) is 0 Å². The average molecular weight is 424 g/mol. The molecule has 1 aromatic heterocycles. The van der Waals surface area contributed by atoms with Crippen molar-refractivity contribution in [3.63, 3.8) is 0 Å². The maximum absolute atomic E-state index is 12.8. The number of rotatable bonds is 4. The van der Waals surface area contributed by atoms with Crippen LogP contribution >= 0.6 is 11.3 Å². The van der Waals surface area contributed by atoms with Crippen LogP contribution < -0.4 is 0 Å². The topological polar surface area (TPSA) is 104 Å². The molecule has 12 heteroatoms. The SMILES string of the molecule is CN(C)C(=O)CN1[C@@H]2CN(S(=O)(=O)c3cccs3)C[C@@H]2OCCS1(=O)=O. The Bertz CT molecular complexity index is 866. The fraction of sp³-hybridized carbons (Fsp3) is 0.643. The zero-order chi connectivity index (χ0) is 19.1. The number of hydrogen-bond donors (Lipinski definition) is 0. The molecule has 2 saturated heterocycles. The molecule has 3 rings (SSSR count). The van der Waals surface area contributed by atoms with E-state index in [9.17, 15) is 21.6 Å². The van der Waals surface area contributed by atoms with Gasteiger partial charge in [0.1, 0.15) is 4.21 Å². The van der Waals surface area contributed by atoms with E-state index >= 15 is 0 Å². The van der Waals surface area contributed by atoms with Crippen LogP contribution in [0.4, 0.5) is 0 Å². The number of likely N-dealkylation sites (N-methyl/N-ethyl adjacent to an activating group) is 1. The summed E-state index contributed by atoms with van der Waals surface area (Å²) in [5.41, 5.74) is 0. The summed E-state index contributed by atoms with van der Waals surface area (Å²) in [6.07, 6.45) is -0.600. The lowest BCUT2D eigenvalue weighted by atomic mass is 10.2. The molecule has 0 unspecified atom stereocenters. The third-order valence-electron chi connectivity index (χ3n) is 4.48. The molecular formula is C14H21N3O6S3. The van der Waals surface area contributed by atoms with Gasteiger partial charge in [-0.15, -0.1) is 11.3 Å². The van der Waals surface area contributed by atoms with Crippen molar-refractivity contribution in [2.75, 3.05) is 46.1 Å². The van der Waals surface area contributed by atoms with E-state index in [1.807, 2.05) is 0 Å². The lowest BCUT2D eigenvalue weighted by Crippen LogP contribution is -2.50. The summed E-state index contributed by atoms with van der Waals surface area (Å²) in [6, 6.07) is 2.44. The standard InChI is InChI=1S/C14H21N3O6S3/c1-15(2)13(18)10-17-11-8-16(26(21,22)14-4-3-6-24-14)9-12(11)23-5-7-25(17,19)20/h3-4,6,11-12H,5,7-10H2,1-2H3/t11-,12+/m1/s1. The first-order valence-electron chi connectivity index (χ1n) is 7.98. The maximum Gasteiger partial charge on any atom is 0.252 e. The van der Waals surface area contributed by atoms with Gasteiger partial charge in [-0.2, -0.15) is 8.61 Å². The van der Waals surface area contributed by atoms with Crippen molar-refractivity contribution in [1.29, 1.82) is 0 Å². The molecule has 146 valence electrons. The third-order valence-corrected chi connectivity index (χ3v) is 9.48. The van der Waals surface area contributed by atoms with Gasteiger partial charge >= 0.3 is 0 Å². The van der Waals surface area contributed by atoms with Gasteiger partial charge in [0.25, 0.3) is 10.0 Å². The van der Waals surface area contributed by atoms with Crippen molar-refractivity contribution in [3.8, 4) is 0 Å². The molecule has 1 amide bonds. The zero-order valence-electron chi connectivity index (χ0n) is 14.4. The van der Waals surface area contributed by atoms with Crippen LogP contribution in [0.15, 0.2) is 21.7 Å². The number of ether oxygens (including phenoxy) is 1. The first kappa shape index (κ1) is 19.7. The normalized spacial score (nSPS) is 27.0. The summed E-state index contributed by atoms with van der Waals surface area (Å²) in [4.78, 5) is 13.4. The minimum Gasteiger partial charge on any atom is -0.374 e. The highest BCUT2D eigenvalue weighted by Crippen LogP contribution is 2.30. The summed E-state index contributed by atoms with van der Waals surface area (Å²) in [6.45, 7) is -0.326. The van der Waals surface area contributed by atoms with E-state index in [0.717, 1.165) is 15.6 Å². The minimum absolute atomic E-state index is 0.0248. The minimum atomic E-state index is -3.72. The fourth-order valence-electron chi connectivity index (χ4n) is 3.02. The van der Waals surface area contributed by atoms with E-state index in [1.54, 1.807) is 25.5 Å². The van der Waals surface area contributed by atoms with Gasteiger partial charge < -0.3 is 9.64 Å². The first-order chi connectivity index (χ1) is 12.1. The van der Waals surface area contributed by atoms with Crippen LogP contribution in [-0.4, -0.2) is 94.5 Å². The van der Waals surface area contributed by atoms with Gasteiger partial charge in [-0.05, 0) is 11.4 Å². The van der Waals surface area contributed by atoms with Gasteiger partial charge in [0.15, 0.2) is 0 Å². The Hall–Kier alpha value is -1.05. The van der Waals surface area contributed by atoms with E-state index in [-0.39, 0.29) is 42.1 Å². The van der Waals surface area contributed by atoms with E-state index in [2.05, 4.69) is 0 Å². The molecule has 2 aliphatic heterocycles. The number of carbonyl (C=O) groups is 1. The van der Waals surface area contributed by atoms with Crippen molar-refractivity contribution < 1.29 is 26.4 Å². The van der Waals surface area contributed by atoms with Gasteiger partial charge in [0.05, 0.1) is 31.1 Å². The first-order valence-corrected chi connectivity index (χ1v) is 11.9. The Morgan fingerprint density at radius 3 is 2.73 bits per heavy atom. The van der Waals surface area contributed by atoms with Crippen LogP contribution in [0.25, 0.3) is 0 Å². The summed E-state index contributed by atoms with van der Waals surface area (Å²) < 4.78 is 58.9. The van der Waals surface area contributed by atoms with Crippen LogP contribution in [0.2, 0.25) is 0 Å². The quantitative estimate of drug-likeness (QED) is 0.631. The molecule has 0 saturated carbocycles. The second-order valence-corrected chi connectivity index (χ2v) is 11.5. The summed E-state index contributed by atoms with van der Waals surface area (Å²) in [5.74, 6) is -0.591. The van der Waals surface area contributed by atoms with Crippen LogP contribution in [0.1, 0.15) is 0 Å². The molecular weight excluding hydrogens is 402 g/mol. The molecule has 2 aliphatic rings. The second-order valence-electron chi connectivity index (χ2n) is 6.38. The van der Waals surface area contributed by atoms with E-state index < -0.39 is 32.2 Å². The molecule has 0 bridgehead atoms. The van der Waals surface area contributed by atoms with E-state index in [4.69, 9.17) is 4.74 Å². The lowest BCUT2D eigenvalue weighted by Gasteiger charge is -2.28. The van der Waals surface area contributed by atoms with Crippen molar-refractivity contribution in [2.24, 2.45) is 0 Å². The number of fused-ring (bicyclic) bond motifs is 1. The molecule has 0 radical (unpaired) electrons. The summed E-state index contributed by atoms with van der Waals surface area (Å²) in [7, 11) is -4.35. The molecule has 2 fully saturated rings. The van der Waals surface area contributed by atoms with Crippen LogP contribution in [0.3, 0.4) is 0 Å². The Morgan fingerprint density at radius 2 is 2.12 bits per heavy atom. The lowest BCUT2D eigenvalue weighted by molar-refractivity contribution is -0.129. The average Bonchev–Trinajstić information content (AvgIpc) is 3.20. The Kier molecular flexibility index (Phi) is 5.43. The number of hydrogen-bond acceptors (Lipinski definition) is 7. The van der Waals surface area contributed by atoms with Gasteiger partial charge in [-0.1, -0.05) is 6.07 Å². The summed E-state index contributed by atoms with van der Waals surface area (Å²) in [5, 5.41) is 1.67. The molecule has 1 aromatic rings. The maximum atomic E-state index is 12.8. The molecule has 3 heterocycles. The predicted molar refractivity (Wildman–Crippen MR) is 95.8 cm³/mol. The predicted octanol–water partition coefficient (Wildman–Crippen LogP) is -0.760. The van der Waals surface area contributed by atoms with Crippen LogP contribution in [-0.2, 0) is 29.6 Å². The highest BCUT2D eigenvalue weighted by Gasteiger charge is 2.48. The number of nitrogens with zero attached hydrogens (tertiary/aromatic N) is 3. The van der Waals surface area contributed by atoms with Crippen molar-refractivity contribution >= 4 is 37.3 Å². The molecule has 2 atom stereocenters. The number of thiophene rings is 1. The molecule has 9 nitrogen and oxygen atoms in total. The van der Waals surface area contributed by atoms with Crippen molar-refractivity contribution in [3.05, 3.63) is 17.5 Å². The Morgan fingerprint density at radius 1 is 1.38 bits per heavy atom. The molecule has 0 spiro atoms. The zero-order valence-corrected chi connectivity index (χ0v) is 16.9. The van der Waals surface area contributed by atoms with Crippen LogP contribution in [0.5, 0.6) is 0 Å². The smallest absolute Gasteiger partial charge is 0.252 e. The van der Waals surface area contributed by atoms with Gasteiger partial charge in [0.2, 0.25) is 15.9 Å². The summed E-state index contributed by atoms with van der Waals surface area (Å²) >= 11 is 1.11. The molecule has 26 heavy (non-hydrogen) atoms.